The van der Waals surface area contributed by atoms with Crippen LogP contribution in [0.15, 0.2) is 30.6 Å². The lowest BCUT2D eigenvalue weighted by molar-refractivity contribution is -0.118. The Labute approximate surface area is 121 Å². The van der Waals surface area contributed by atoms with Crippen LogP contribution in [-0.2, 0) is 4.79 Å². The molecule has 1 unspecified atom stereocenters. The van der Waals surface area contributed by atoms with Gasteiger partial charge in [0, 0.05) is 0 Å². The maximum absolute atomic E-state index is 12.2. The summed E-state index contributed by atoms with van der Waals surface area (Å²) in [6.07, 6.45) is 1.30. The summed E-state index contributed by atoms with van der Waals surface area (Å²) >= 11 is 0. The smallest absolute Gasteiger partial charge is 0.247 e. The highest BCUT2D eigenvalue weighted by atomic mass is 16.2. The number of para-hydroxylation sites is 2. The number of rotatable bonds is 3. The highest BCUT2D eigenvalue weighted by Crippen LogP contribution is 2.20. The third-order valence-electron chi connectivity index (χ3n) is 3.02. The summed E-state index contributed by atoms with van der Waals surface area (Å²) in [5.41, 5.74) is 6.75. The highest BCUT2D eigenvalue weighted by molar-refractivity contribution is 5.96. The van der Waals surface area contributed by atoms with Gasteiger partial charge < -0.3 is 15.6 Å². The van der Waals surface area contributed by atoms with Crippen molar-refractivity contribution in [3.05, 3.63) is 42.0 Å². The van der Waals surface area contributed by atoms with Gasteiger partial charge in [0.2, 0.25) is 5.91 Å². The standard InChI is InChI=1S/C14H12N6O/c1-9(20-8-18-12(6-15)13(20)7-16)14(21)19-11-5-3-2-4-10(11)17/h2-5,8-9H,17H2,1H3,(H,19,21). The van der Waals surface area contributed by atoms with Crippen molar-refractivity contribution in [2.45, 2.75) is 13.0 Å². The Bertz CT molecular complexity index is 765. The summed E-state index contributed by atoms with van der Waals surface area (Å²) in [7, 11) is 0. The molecule has 0 aliphatic heterocycles. The van der Waals surface area contributed by atoms with Crippen LogP contribution in [0.4, 0.5) is 11.4 Å². The Kier molecular flexibility index (Phi) is 3.87. The number of benzene rings is 1. The van der Waals surface area contributed by atoms with E-state index in [4.69, 9.17) is 16.3 Å². The Morgan fingerprint density at radius 2 is 2.10 bits per heavy atom. The molecule has 1 amide bonds. The lowest BCUT2D eigenvalue weighted by Gasteiger charge is -2.15. The molecule has 7 heteroatoms. The molecule has 104 valence electrons. The monoisotopic (exact) mass is 280 g/mol. The van der Waals surface area contributed by atoms with Crippen molar-refractivity contribution in [3.8, 4) is 12.1 Å². The molecule has 1 aromatic heterocycles. The maximum Gasteiger partial charge on any atom is 0.247 e. The lowest BCUT2D eigenvalue weighted by Crippen LogP contribution is -2.24. The largest absolute Gasteiger partial charge is 0.397 e. The van der Waals surface area contributed by atoms with Gasteiger partial charge in [-0.15, -0.1) is 0 Å². The predicted octanol–water partition coefficient (Wildman–Crippen LogP) is 1.41. The fourth-order valence-electron chi connectivity index (χ4n) is 1.82. The van der Waals surface area contributed by atoms with E-state index in [9.17, 15) is 4.79 Å². The Hall–Kier alpha value is -3.32. The number of nitrogens with two attached hydrogens (primary N) is 1. The molecule has 0 aliphatic rings. The first-order valence-electron chi connectivity index (χ1n) is 6.11. The van der Waals surface area contributed by atoms with Gasteiger partial charge in [-0.25, -0.2) is 4.98 Å². The molecule has 1 atom stereocenters. The molecule has 2 rings (SSSR count). The second-order valence-electron chi connectivity index (χ2n) is 4.33. The number of carbonyl (C=O) groups excluding carboxylic acids is 1. The number of hydrogen-bond acceptors (Lipinski definition) is 5. The Balaban J connectivity index is 2.25. The summed E-state index contributed by atoms with van der Waals surface area (Å²) in [5, 5.41) is 20.6. The predicted molar refractivity (Wildman–Crippen MR) is 75.9 cm³/mol. The second-order valence-corrected chi connectivity index (χ2v) is 4.33. The number of nitrogen functional groups attached to an aromatic ring is 1. The SMILES string of the molecule is CC(C(=O)Nc1ccccc1N)n1cnc(C#N)c1C#N. The van der Waals surface area contributed by atoms with E-state index in [0.717, 1.165) is 0 Å². The first kappa shape index (κ1) is 14.1. The van der Waals surface area contributed by atoms with Gasteiger partial charge in [-0.1, -0.05) is 12.1 Å². The molecule has 0 radical (unpaired) electrons. The van der Waals surface area contributed by atoms with Crippen LogP contribution in [0.3, 0.4) is 0 Å². The average molecular weight is 280 g/mol. The number of nitriles is 2. The van der Waals surface area contributed by atoms with Crippen LogP contribution in [0.5, 0.6) is 0 Å². The van der Waals surface area contributed by atoms with Crippen molar-refractivity contribution in [2.75, 3.05) is 11.1 Å². The van der Waals surface area contributed by atoms with Gasteiger partial charge in [-0.2, -0.15) is 10.5 Å². The van der Waals surface area contributed by atoms with Crippen LogP contribution in [0, 0.1) is 22.7 Å². The van der Waals surface area contributed by atoms with E-state index in [-0.39, 0.29) is 17.3 Å². The van der Waals surface area contributed by atoms with Crippen LogP contribution < -0.4 is 11.1 Å². The van der Waals surface area contributed by atoms with Crippen LogP contribution in [0.25, 0.3) is 0 Å². The maximum atomic E-state index is 12.2. The van der Waals surface area contributed by atoms with Crippen LogP contribution in [0.1, 0.15) is 24.4 Å². The van der Waals surface area contributed by atoms with Crippen molar-refractivity contribution in [1.82, 2.24) is 9.55 Å². The zero-order chi connectivity index (χ0) is 15.4. The number of nitrogens with one attached hydrogen (secondary N) is 1. The molecule has 2 aromatic rings. The Morgan fingerprint density at radius 3 is 2.71 bits per heavy atom. The molecule has 7 nitrogen and oxygen atoms in total. The third kappa shape index (κ3) is 2.67. The molecule has 0 saturated carbocycles. The van der Waals surface area contributed by atoms with E-state index in [1.807, 2.05) is 12.1 Å². The summed E-state index contributed by atoms with van der Waals surface area (Å²) in [6.45, 7) is 1.61. The molecular weight excluding hydrogens is 268 g/mol. The average Bonchev–Trinajstić information content (AvgIpc) is 2.91. The molecular formula is C14H12N6O. The van der Waals surface area contributed by atoms with E-state index < -0.39 is 6.04 Å². The molecule has 0 saturated heterocycles. The van der Waals surface area contributed by atoms with Gasteiger partial charge >= 0.3 is 0 Å². The van der Waals surface area contributed by atoms with Crippen molar-refractivity contribution < 1.29 is 4.79 Å². The van der Waals surface area contributed by atoms with Crippen LogP contribution in [0.2, 0.25) is 0 Å². The van der Waals surface area contributed by atoms with Gasteiger partial charge in [0.25, 0.3) is 0 Å². The van der Waals surface area contributed by atoms with Crippen molar-refractivity contribution in [1.29, 1.82) is 10.5 Å². The van der Waals surface area contributed by atoms with E-state index in [2.05, 4.69) is 10.3 Å². The lowest BCUT2D eigenvalue weighted by atomic mass is 10.2. The topological polar surface area (TPSA) is 121 Å². The van der Waals surface area contributed by atoms with E-state index >= 15 is 0 Å². The quantitative estimate of drug-likeness (QED) is 0.823. The van der Waals surface area contributed by atoms with E-state index in [0.29, 0.717) is 11.4 Å². The molecule has 1 aromatic carbocycles. The minimum Gasteiger partial charge on any atom is -0.397 e. The molecule has 21 heavy (non-hydrogen) atoms. The second kappa shape index (κ2) is 5.76. The number of nitrogens with zero attached hydrogens (tertiary/aromatic N) is 4. The molecule has 1 heterocycles. The zero-order valence-electron chi connectivity index (χ0n) is 11.2. The Morgan fingerprint density at radius 1 is 1.38 bits per heavy atom. The van der Waals surface area contributed by atoms with E-state index in [1.165, 1.54) is 10.9 Å². The van der Waals surface area contributed by atoms with E-state index in [1.54, 1.807) is 31.2 Å². The normalized spacial score (nSPS) is 11.2. The van der Waals surface area contributed by atoms with Gasteiger partial charge in [0.15, 0.2) is 11.4 Å². The fraction of sp³-hybridized carbons (Fsp3) is 0.143. The third-order valence-corrected chi connectivity index (χ3v) is 3.02. The van der Waals surface area contributed by atoms with Crippen LogP contribution in [-0.4, -0.2) is 15.5 Å². The summed E-state index contributed by atoms with van der Waals surface area (Å²) in [6, 6.07) is 9.86. The summed E-state index contributed by atoms with van der Waals surface area (Å²) < 4.78 is 1.35. The molecule has 0 spiro atoms. The fourth-order valence-corrected chi connectivity index (χ4v) is 1.82. The summed E-state index contributed by atoms with van der Waals surface area (Å²) in [4.78, 5) is 16.0. The first-order chi connectivity index (χ1) is 10.1. The number of amides is 1. The molecule has 0 aliphatic carbocycles. The zero-order valence-corrected chi connectivity index (χ0v) is 11.2. The minimum absolute atomic E-state index is 0.00336. The highest BCUT2D eigenvalue weighted by Gasteiger charge is 2.21. The summed E-state index contributed by atoms with van der Waals surface area (Å²) in [5.74, 6) is -0.355. The van der Waals surface area contributed by atoms with Gasteiger partial charge in [0.05, 0.1) is 17.7 Å². The number of aromatic nitrogens is 2. The minimum atomic E-state index is -0.700. The number of hydrogen-bond donors (Lipinski definition) is 2. The number of imidazole rings is 1. The van der Waals surface area contributed by atoms with Gasteiger partial charge in [0.1, 0.15) is 18.2 Å². The van der Waals surface area contributed by atoms with Crippen molar-refractivity contribution in [2.24, 2.45) is 0 Å². The first-order valence-corrected chi connectivity index (χ1v) is 6.11. The molecule has 0 fully saturated rings. The van der Waals surface area contributed by atoms with Crippen molar-refractivity contribution in [3.63, 3.8) is 0 Å². The number of anilines is 2. The van der Waals surface area contributed by atoms with Gasteiger partial charge in [-0.3, -0.25) is 4.79 Å². The van der Waals surface area contributed by atoms with Crippen molar-refractivity contribution >= 4 is 17.3 Å². The van der Waals surface area contributed by atoms with Gasteiger partial charge in [-0.05, 0) is 19.1 Å². The van der Waals surface area contributed by atoms with Crippen LogP contribution >= 0.6 is 0 Å². The molecule has 0 bridgehead atoms. The molecule has 3 N–H and O–H groups in total. The number of carbonyl (C=O) groups is 1.